The number of hydrogen-bond donors (Lipinski definition) is 0. The zero-order chi connectivity index (χ0) is 6.69. The van der Waals surface area contributed by atoms with E-state index in [1.807, 2.05) is 0 Å². The van der Waals surface area contributed by atoms with E-state index in [0.29, 0.717) is 13.0 Å². The molecule has 1 aliphatic heterocycles. The molecule has 0 spiro atoms. The maximum absolute atomic E-state index is 11.7. The molecule has 1 saturated heterocycles. The summed E-state index contributed by atoms with van der Waals surface area (Å²) in [6, 6.07) is 0. The first kappa shape index (κ1) is 6.89. The molecule has 1 rings (SSSR count). The molecule has 1 atom stereocenters. The van der Waals surface area contributed by atoms with E-state index in [2.05, 4.69) is 4.74 Å². The molecule has 0 amide bonds. The minimum absolute atomic E-state index is 0.00894. The molecule has 1 heterocycles. The Bertz CT molecular complexity index is 81.0. The van der Waals surface area contributed by atoms with Gasteiger partial charge in [0.05, 0.1) is 6.61 Å². The second-order valence-corrected chi connectivity index (χ2v) is 1.85. The summed E-state index contributed by atoms with van der Waals surface area (Å²) < 4.78 is 32.7. The Labute approximate surface area is 51.8 Å². The summed E-state index contributed by atoms with van der Waals surface area (Å²) in [7, 11) is 0. The van der Waals surface area contributed by atoms with E-state index in [1.165, 1.54) is 0 Å². The molecule has 54 valence electrons. The fourth-order valence-electron chi connectivity index (χ4n) is 0.676. The normalized spacial score (nSPS) is 29.0. The van der Waals surface area contributed by atoms with Gasteiger partial charge in [-0.25, -0.2) is 8.78 Å². The highest BCUT2D eigenvalue weighted by molar-refractivity contribution is 4.61. The van der Waals surface area contributed by atoms with E-state index in [9.17, 15) is 8.78 Å². The SMILES string of the molecule is FC(F)C1CCOCO1. The third-order valence-corrected chi connectivity index (χ3v) is 1.19. The van der Waals surface area contributed by atoms with Gasteiger partial charge in [0.1, 0.15) is 12.9 Å². The van der Waals surface area contributed by atoms with Crippen LogP contribution in [0, 0.1) is 0 Å². The van der Waals surface area contributed by atoms with Crippen LogP contribution >= 0.6 is 0 Å². The van der Waals surface area contributed by atoms with Gasteiger partial charge in [0.25, 0.3) is 6.43 Å². The standard InChI is InChI=1S/C5H8F2O2/c6-5(7)4-1-2-8-3-9-4/h4-5H,1-3H2. The van der Waals surface area contributed by atoms with Crippen LogP contribution in [0.3, 0.4) is 0 Å². The van der Waals surface area contributed by atoms with Crippen LogP contribution in [0.5, 0.6) is 0 Å². The average Bonchev–Trinajstić information content (AvgIpc) is 1.90. The Morgan fingerprint density at radius 2 is 2.22 bits per heavy atom. The molecular formula is C5H8F2O2. The lowest BCUT2D eigenvalue weighted by Crippen LogP contribution is -2.29. The maximum Gasteiger partial charge on any atom is 0.264 e. The molecule has 1 unspecified atom stereocenters. The molecule has 0 N–H and O–H groups in total. The molecule has 0 saturated carbocycles. The molecule has 0 aromatic heterocycles. The number of rotatable bonds is 1. The van der Waals surface area contributed by atoms with Gasteiger partial charge >= 0.3 is 0 Å². The lowest BCUT2D eigenvalue weighted by atomic mass is 10.2. The maximum atomic E-state index is 11.7. The summed E-state index contributed by atoms with van der Waals surface area (Å²) >= 11 is 0. The van der Waals surface area contributed by atoms with Crippen molar-refractivity contribution in [3.8, 4) is 0 Å². The summed E-state index contributed by atoms with van der Waals surface area (Å²) in [4.78, 5) is 0. The van der Waals surface area contributed by atoms with Crippen molar-refractivity contribution in [2.24, 2.45) is 0 Å². The molecule has 0 radical (unpaired) electrons. The van der Waals surface area contributed by atoms with Crippen LogP contribution in [-0.2, 0) is 9.47 Å². The second-order valence-electron chi connectivity index (χ2n) is 1.85. The van der Waals surface area contributed by atoms with Crippen molar-refractivity contribution < 1.29 is 18.3 Å². The van der Waals surface area contributed by atoms with Gasteiger partial charge in [0.15, 0.2) is 0 Å². The van der Waals surface area contributed by atoms with E-state index >= 15 is 0 Å². The average molecular weight is 138 g/mol. The Morgan fingerprint density at radius 3 is 2.56 bits per heavy atom. The summed E-state index contributed by atoms with van der Waals surface area (Å²) in [5, 5.41) is 0. The lowest BCUT2D eigenvalue weighted by Gasteiger charge is -2.21. The molecule has 0 aliphatic carbocycles. The third-order valence-electron chi connectivity index (χ3n) is 1.19. The molecule has 1 aliphatic rings. The molecule has 1 fully saturated rings. The van der Waals surface area contributed by atoms with Crippen molar-refractivity contribution in [1.82, 2.24) is 0 Å². The van der Waals surface area contributed by atoms with Crippen LogP contribution in [0.15, 0.2) is 0 Å². The number of halogens is 2. The molecule has 0 aromatic rings. The molecule has 0 aromatic carbocycles. The van der Waals surface area contributed by atoms with Crippen molar-refractivity contribution >= 4 is 0 Å². The highest BCUT2D eigenvalue weighted by Crippen LogP contribution is 2.13. The molecule has 9 heavy (non-hydrogen) atoms. The number of hydrogen-bond acceptors (Lipinski definition) is 2. The van der Waals surface area contributed by atoms with Gasteiger partial charge in [0.2, 0.25) is 0 Å². The topological polar surface area (TPSA) is 18.5 Å². The molecule has 2 nitrogen and oxygen atoms in total. The largest absolute Gasteiger partial charge is 0.355 e. The first-order valence-electron chi connectivity index (χ1n) is 2.78. The zero-order valence-electron chi connectivity index (χ0n) is 4.85. The minimum Gasteiger partial charge on any atom is -0.355 e. The fourth-order valence-corrected chi connectivity index (χ4v) is 0.676. The van der Waals surface area contributed by atoms with E-state index in [4.69, 9.17) is 4.74 Å². The number of alkyl halides is 2. The van der Waals surface area contributed by atoms with Gasteiger partial charge < -0.3 is 9.47 Å². The molecule has 0 bridgehead atoms. The Balaban J connectivity index is 2.23. The quantitative estimate of drug-likeness (QED) is 0.538. The second kappa shape index (κ2) is 3.08. The smallest absolute Gasteiger partial charge is 0.264 e. The fraction of sp³-hybridized carbons (Fsp3) is 1.00. The highest BCUT2D eigenvalue weighted by Gasteiger charge is 2.23. The Morgan fingerprint density at radius 1 is 1.44 bits per heavy atom. The van der Waals surface area contributed by atoms with Gasteiger partial charge in [-0.2, -0.15) is 0 Å². The predicted molar refractivity (Wildman–Crippen MR) is 26.3 cm³/mol. The first-order valence-corrected chi connectivity index (χ1v) is 2.78. The first-order chi connectivity index (χ1) is 4.30. The summed E-state index contributed by atoms with van der Waals surface area (Å²) in [6.45, 7) is 0.393. The van der Waals surface area contributed by atoms with Crippen molar-refractivity contribution in [2.45, 2.75) is 19.0 Å². The van der Waals surface area contributed by atoms with Gasteiger partial charge in [-0.3, -0.25) is 0 Å². The van der Waals surface area contributed by atoms with Crippen molar-refractivity contribution in [3.63, 3.8) is 0 Å². The monoisotopic (exact) mass is 138 g/mol. The van der Waals surface area contributed by atoms with Crippen molar-refractivity contribution in [3.05, 3.63) is 0 Å². The zero-order valence-corrected chi connectivity index (χ0v) is 4.85. The summed E-state index contributed by atoms with van der Waals surface area (Å²) in [5.41, 5.74) is 0. The lowest BCUT2D eigenvalue weighted by molar-refractivity contribution is -0.177. The van der Waals surface area contributed by atoms with E-state index in [-0.39, 0.29) is 6.79 Å². The predicted octanol–water partition coefficient (Wildman–Crippen LogP) is 1.01. The van der Waals surface area contributed by atoms with Crippen LogP contribution in [0.2, 0.25) is 0 Å². The van der Waals surface area contributed by atoms with Crippen molar-refractivity contribution in [2.75, 3.05) is 13.4 Å². The van der Waals surface area contributed by atoms with E-state index < -0.39 is 12.5 Å². The van der Waals surface area contributed by atoms with Gasteiger partial charge in [-0.05, 0) is 0 Å². The highest BCUT2D eigenvalue weighted by atomic mass is 19.3. The van der Waals surface area contributed by atoms with Crippen LogP contribution in [0.25, 0.3) is 0 Å². The minimum atomic E-state index is -2.37. The third kappa shape index (κ3) is 1.87. The van der Waals surface area contributed by atoms with Gasteiger partial charge in [-0.15, -0.1) is 0 Å². The Hall–Kier alpha value is -0.220. The molecule has 4 heteroatoms. The molecular weight excluding hydrogens is 130 g/mol. The van der Waals surface area contributed by atoms with Crippen molar-refractivity contribution in [1.29, 1.82) is 0 Å². The van der Waals surface area contributed by atoms with Crippen LogP contribution in [0.1, 0.15) is 6.42 Å². The number of ether oxygens (including phenoxy) is 2. The van der Waals surface area contributed by atoms with Crippen LogP contribution in [0.4, 0.5) is 8.78 Å². The van der Waals surface area contributed by atoms with Crippen LogP contribution in [-0.4, -0.2) is 25.9 Å². The summed E-state index contributed by atoms with van der Waals surface area (Å²) in [5.74, 6) is 0. The Kier molecular flexibility index (Phi) is 2.36. The van der Waals surface area contributed by atoms with Crippen LogP contribution < -0.4 is 0 Å². The summed E-state index contributed by atoms with van der Waals surface area (Å²) in [6.07, 6.45) is -2.97. The van der Waals surface area contributed by atoms with Gasteiger partial charge in [0, 0.05) is 6.42 Å². The van der Waals surface area contributed by atoms with Gasteiger partial charge in [-0.1, -0.05) is 0 Å². The van der Waals surface area contributed by atoms with E-state index in [0.717, 1.165) is 0 Å². The van der Waals surface area contributed by atoms with E-state index in [1.54, 1.807) is 0 Å².